The number of ketones is 1. The molecule has 0 aliphatic heterocycles. The van der Waals surface area contributed by atoms with Gasteiger partial charge in [0.15, 0.2) is 0 Å². The van der Waals surface area contributed by atoms with Gasteiger partial charge in [-0.15, -0.1) is 0 Å². The van der Waals surface area contributed by atoms with Gasteiger partial charge in [0.1, 0.15) is 11.1 Å². The number of carbonyl (C=O) groups is 2. The fourth-order valence-electron chi connectivity index (χ4n) is 3.15. The summed E-state index contributed by atoms with van der Waals surface area (Å²) in [6.45, 7) is 0. The Morgan fingerprint density at radius 2 is 1.72 bits per heavy atom. The van der Waals surface area contributed by atoms with E-state index in [1.807, 2.05) is 0 Å². The summed E-state index contributed by atoms with van der Waals surface area (Å²) in [7, 11) is 0. The summed E-state index contributed by atoms with van der Waals surface area (Å²) >= 11 is 0. The van der Waals surface area contributed by atoms with Crippen molar-refractivity contribution in [1.29, 1.82) is 0 Å². The SMILES string of the molecule is O=C(O)NC1(c2ccc(C(=O)c3c(O)oc4ccccc34)cc2)CC1. The molecule has 2 aromatic carbocycles. The van der Waals surface area contributed by atoms with Crippen molar-refractivity contribution < 1.29 is 24.2 Å². The summed E-state index contributed by atoms with van der Waals surface area (Å²) in [4.78, 5) is 23.7. The van der Waals surface area contributed by atoms with E-state index in [1.54, 1.807) is 48.5 Å². The Hall–Kier alpha value is -3.28. The van der Waals surface area contributed by atoms with Gasteiger partial charge < -0.3 is 19.9 Å². The molecule has 126 valence electrons. The molecule has 1 heterocycles. The highest BCUT2D eigenvalue weighted by Gasteiger charge is 2.45. The van der Waals surface area contributed by atoms with Crippen LogP contribution in [0.5, 0.6) is 5.95 Å². The number of nitrogens with one attached hydrogen (secondary N) is 1. The average Bonchev–Trinajstić information content (AvgIpc) is 3.28. The van der Waals surface area contributed by atoms with Gasteiger partial charge in [-0.3, -0.25) is 4.79 Å². The number of hydrogen-bond acceptors (Lipinski definition) is 4. The van der Waals surface area contributed by atoms with Crippen molar-refractivity contribution in [2.75, 3.05) is 0 Å². The van der Waals surface area contributed by atoms with Crippen molar-refractivity contribution in [2.45, 2.75) is 18.4 Å². The maximum Gasteiger partial charge on any atom is 0.405 e. The zero-order chi connectivity index (χ0) is 17.6. The lowest BCUT2D eigenvalue weighted by Gasteiger charge is -2.15. The van der Waals surface area contributed by atoms with Crippen LogP contribution in [0.15, 0.2) is 52.9 Å². The third-order valence-corrected chi connectivity index (χ3v) is 4.60. The molecular formula is C19H15NO5. The second kappa shape index (κ2) is 5.37. The molecule has 4 rings (SSSR count). The van der Waals surface area contributed by atoms with Crippen LogP contribution in [0.2, 0.25) is 0 Å². The van der Waals surface area contributed by atoms with E-state index >= 15 is 0 Å². The van der Waals surface area contributed by atoms with E-state index in [-0.39, 0.29) is 11.3 Å². The van der Waals surface area contributed by atoms with Crippen molar-refractivity contribution in [3.8, 4) is 5.95 Å². The number of fused-ring (bicyclic) bond motifs is 1. The van der Waals surface area contributed by atoms with Gasteiger partial charge in [0.25, 0.3) is 5.95 Å². The molecule has 25 heavy (non-hydrogen) atoms. The number of furan rings is 1. The molecule has 0 radical (unpaired) electrons. The van der Waals surface area contributed by atoms with Gasteiger partial charge in [-0.05, 0) is 24.5 Å². The van der Waals surface area contributed by atoms with E-state index in [4.69, 9.17) is 9.52 Å². The van der Waals surface area contributed by atoms with Crippen molar-refractivity contribution in [1.82, 2.24) is 5.32 Å². The van der Waals surface area contributed by atoms with Crippen molar-refractivity contribution in [3.63, 3.8) is 0 Å². The number of carboxylic acid groups (broad SMARTS) is 1. The van der Waals surface area contributed by atoms with Crippen molar-refractivity contribution in [3.05, 3.63) is 65.2 Å². The minimum atomic E-state index is -1.06. The fourth-order valence-corrected chi connectivity index (χ4v) is 3.15. The minimum Gasteiger partial charge on any atom is -0.480 e. The van der Waals surface area contributed by atoms with Gasteiger partial charge in [0, 0.05) is 10.9 Å². The van der Waals surface area contributed by atoms with Crippen LogP contribution in [-0.2, 0) is 5.54 Å². The normalized spacial score (nSPS) is 15.0. The lowest BCUT2D eigenvalue weighted by molar-refractivity contribution is 0.103. The van der Waals surface area contributed by atoms with E-state index in [1.165, 1.54) is 0 Å². The number of rotatable bonds is 4. The molecule has 0 saturated heterocycles. The molecule has 0 spiro atoms. The van der Waals surface area contributed by atoms with E-state index in [2.05, 4.69) is 5.32 Å². The van der Waals surface area contributed by atoms with Crippen LogP contribution in [0.25, 0.3) is 11.0 Å². The Labute approximate surface area is 142 Å². The summed E-state index contributed by atoms with van der Waals surface area (Å²) in [6, 6.07) is 13.7. The van der Waals surface area contributed by atoms with E-state index in [0.29, 0.717) is 16.5 Å². The summed E-state index contributed by atoms with van der Waals surface area (Å²) < 4.78 is 5.23. The second-order valence-electron chi connectivity index (χ2n) is 6.20. The molecule has 0 bridgehead atoms. The number of carbonyl (C=O) groups excluding carboxylic acids is 1. The molecule has 1 aliphatic carbocycles. The van der Waals surface area contributed by atoms with Crippen LogP contribution in [0.1, 0.15) is 34.3 Å². The van der Waals surface area contributed by atoms with Crippen LogP contribution < -0.4 is 5.32 Å². The standard InChI is InChI=1S/C19H15NO5/c21-16(15-13-3-1-2-4-14(13)25-17(15)22)11-5-7-12(8-6-11)19(9-10-19)20-18(23)24/h1-8,20,22H,9-10H2,(H,23,24). The molecule has 1 amide bonds. The van der Waals surface area contributed by atoms with Gasteiger partial charge in [0.05, 0.1) is 5.54 Å². The first-order valence-electron chi connectivity index (χ1n) is 7.87. The largest absolute Gasteiger partial charge is 0.480 e. The third kappa shape index (κ3) is 2.52. The van der Waals surface area contributed by atoms with Crippen LogP contribution >= 0.6 is 0 Å². The molecular weight excluding hydrogens is 322 g/mol. The Bertz CT molecular complexity index is 983. The van der Waals surface area contributed by atoms with Gasteiger partial charge in [0.2, 0.25) is 5.78 Å². The van der Waals surface area contributed by atoms with Gasteiger partial charge in [-0.25, -0.2) is 4.79 Å². The predicted octanol–water partition coefficient (Wildman–Crippen LogP) is 3.63. The monoisotopic (exact) mass is 337 g/mol. The maximum absolute atomic E-state index is 12.8. The Morgan fingerprint density at radius 3 is 2.36 bits per heavy atom. The summed E-state index contributed by atoms with van der Waals surface area (Å²) in [5, 5.41) is 22.0. The van der Waals surface area contributed by atoms with Crippen LogP contribution in [-0.4, -0.2) is 22.1 Å². The summed E-state index contributed by atoms with van der Waals surface area (Å²) in [5.41, 5.74) is 1.26. The highest BCUT2D eigenvalue weighted by molar-refractivity contribution is 6.17. The highest BCUT2D eigenvalue weighted by atomic mass is 16.5. The Morgan fingerprint density at radius 1 is 1.04 bits per heavy atom. The number of para-hydroxylation sites is 1. The van der Waals surface area contributed by atoms with Crippen molar-refractivity contribution in [2.24, 2.45) is 0 Å². The summed E-state index contributed by atoms with van der Waals surface area (Å²) in [6.07, 6.45) is 0.409. The predicted molar refractivity (Wildman–Crippen MR) is 89.8 cm³/mol. The lowest BCUT2D eigenvalue weighted by atomic mass is 9.98. The van der Waals surface area contributed by atoms with Gasteiger partial charge in [-0.2, -0.15) is 0 Å². The molecule has 1 aliphatic rings. The van der Waals surface area contributed by atoms with Crippen LogP contribution in [0.4, 0.5) is 4.79 Å². The van der Waals surface area contributed by atoms with E-state index in [9.17, 15) is 14.7 Å². The molecule has 6 nitrogen and oxygen atoms in total. The van der Waals surface area contributed by atoms with E-state index < -0.39 is 17.6 Å². The number of aromatic hydroxyl groups is 1. The first kappa shape index (κ1) is 15.3. The van der Waals surface area contributed by atoms with E-state index in [0.717, 1.165) is 18.4 Å². The molecule has 3 aromatic rings. The Balaban J connectivity index is 1.67. The Kier molecular flexibility index (Phi) is 3.28. The lowest BCUT2D eigenvalue weighted by Crippen LogP contribution is -2.33. The van der Waals surface area contributed by atoms with Crippen molar-refractivity contribution >= 4 is 22.8 Å². The maximum atomic E-state index is 12.8. The molecule has 0 atom stereocenters. The molecule has 1 aromatic heterocycles. The zero-order valence-corrected chi connectivity index (χ0v) is 13.2. The number of benzene rings is 2. The number of hydrogen-bond donors (Lipinski definition) is 3. The highest BCUT2D eigenvalue weighted by Crippen LogP contribution is 2.45. The topological polar surface area (TPSA) is 99.8 Å². The van der Waals surface area contributed by atoms with Crippen LogP contribution in [0, 0.1) is 0 Å². The smallest absolute Gasteiger partial charge is 0.405 e. The first-order chi connectivity index (χ1) is 12.0. The quantitative estimate of drug-likeness (QED) is 0.631. The first-order valence-corrected chi connectivity index (χ1v) is 7.87. The molecule has 1 fully saturated rings. The van der Waals surface area contributed by atoms with Gasteiger partial charge in [-0.1, -0.05) is 42.5 Å². The third-order valence-electron chi connectivity index (χ3n) is 4.60. The average molecular weight is 337 g/mol. The van der Waals surface area contributed by atoms with Crippen LogP contribution in [0.3, 0.4) is 0 Å². The van der Waals surface area contributed by atoms with Gasteiger partial charge >= 0.3 is 6.09 Å². The number of amides is 1. The molecule has 1 saturated carbocycles. The molecule has 0 unspecified atom stereocenters. The molecule has 3 N–H and O–H groups in total. The zero-order valence-electron chi connectivity index (χ0n) is 13.2. The molecule has 6 heteroatoms. The summed E-state index contributed by atoms with van der Waals surface area (Å²) in [5.74, 6) is -0.744. The second-order valence-corrected chi connectivity index (χ2v) is 6.20. The minimum absolute atomic E-state index is 0.133. The fraction of sp³-hybridized carbons (Fsp3) is 0.158.